The molecule has 1 aromatic heterocycles. The number of pyridine rings is 1. The summed E-state index contributed by atoms with van der Waals surface area (Å²) in [6.07, 6.45) is 3.19. The second-order valence-electron chi connectivity index (χ2n) is 8.66. The van der Waals surface area contributed by atoms with Gasteiger partial charge in [0, 0.05) is 30.9 Å². The first-order valence-corrected chi connectivity index (χ1v) is 12.7. The number of hydrogen-bond acceptors (Lipinski definition) is 5. The Labute approximate surface area is 189 Å². The third-order valence-electron chi connectivity index (χ3n) is 5.81. The number of halogens is 1. The van der Waals surface area contributed by atoms with Gasteiger partial charge in [-0.15, -0.1) is 0 Å². The van der Waals surface area contributed by atoms with Gasteiger partial charge in [0.25, 0.3) is 0 Å². The fraction of sp³-hybridized carbons (Fsp3) is 0.478. The van der Waals surface area contributed by atoms with Crippen molar-refractivity contribution >= 4 is 27.4 Å². The number of hydrogen-bond donors (Lipinski definition) is 2. The van der Waals surface area contributed by atoms with Crippen LogP contribution in [0.3, 0.4) is 0 Å². The van der Waals surface area contributed by atoms with Crippen LogP contribution in [0.25, 0.3) is 0 Å². The summed E-state index contributed by atoms with van der Waals surface area (Å²) in [6.45, 7) is 8.12. The molecule has 9 heteroatoms. The lowest BCUT2D eigenvalue weighted by Gasteiger charge is -2.32. The number of rotatable bonds is 7. The van der Waals surface area contributed by atoms with Crippen LogP contribution in [0.1, 0.15) is 49.4 Å². The van der Waals surface area contributed by atoms with Crippen LogP contribution in [-0.2, 0) is 21.4 Å². The van der Waals surface area contributed by atoms with Gasteiger partial charge in [-0.25, -0.2) is 17.8 Å². The fourth-order valence-corrected chi connectivity index (χ4v) is 4.34. The number of nitrogens with zero attached hydrogens (tertiary/aromatic N) is 2. The van der Waals surface area contributed by atoms with Gasteiger partial charge in [0.2, 0.25) is 15.9 Å². The number of carbonyl (C=O) groups excluding carboxylic acids is 1. The molecule has 2 N–H and O–H groups in total. The number of benzene rings is 1. The van der Waals surface area contributed by atoms with Crippen molar-refractivity contribution in [3.8, 4) is 0 Å². The Balaban J connectivity index is 1.69. The number of aryl methyl sites for hydroxylation is 1. The molecule has 174 valence electrons. The van der Waals surface area contributed by atoms with Crippen molar-refractivity contribution in [1.29, 1.82) is 0 Å². The summed E-state index contributed by atoms with van der Waals surface area (Å²) >= 11 is 0. The number of nitrogens with one attached hydrogen (secondary N) is 2. The first-order valence-electron chi connectivity index (χ1n) is 10.8. The van der Waals surface area contributed by atoms with Gasteiger partial charge < -0.3 is 10.2 Å². The SMILES string of the molecule is Cc1ccc(CNC(=O)C(C)c2ccc(NS(C)(=O)=O)c(F)c2)c(N2CCC(C)CC2)n1. The zero-order valence-electron chi connectivity index (χ0n) is 19.0. The lowest BCUT2D eigenvalue weighted by molar-refractivity contribution is -0.122. The van der Waals surface area contributed by atoms with Crippen molar-refractivity contribution in [2.75, 3.05) is 29.0 Å². The van der Waals surface area contributed by atoms with Crippen molar-refractivity contribution in [3.05, 3.63) is 53.0 Å². The Morgan fingerprint density at radius 1 is 1.25 bits per heavy atom. The molecule has 0 radical (unpaired) electrons. The first-order chi connectivity index (χ1) is 15.0. The van der Waals surface area contributed by atoms with Crippen LogP contribution in [-0.4, -0.2) is 38.7 Å². The van der Waals surface area contributed by atoms with E-state index in [-0.39, 0.29) is 11.6 Å². The maximum absolute atomic E-state index is 14.3. The molecule has 7 nitrogen and oxygen atoms in total. The molecule has 1 fully saturated rings. The average molecular weight is 463 g/mol. The molecular weight excluding hydrogens is 431 g/mol. The Kier molecular flexibility index (Phi) is 7.38. The largest absolute Gasteiger partial charge is 0.356 e. The van der Waals surface area contributed by atoms with Gasteiger partial charge in [-0.05, 0) is 56.4 Å². The maximum atomic E-state index is 14.3. The molecule has 2 heterocycles. The number of sulfonamides is 1. The highest BCUT2D eigenvalue weighted by Crippen LogP contribution is 2.26. The molecule has 1 unspecified atom stereocenters. The predicted molar refractivity (Wildman–Crippen MR) is 125 cm³/mol. The predicted octanol–water partition coefficient (Wildman–Crippen LogP) is 3.56. The van der Waals surface area contributed by atoms with Crippen LogP contribution in [0.5, 0.6) is 0 Å². The minimum Gasteiger partial charge on any atom is -0.356 e. The highest BCUT2D eigenvalue weighted by Gasteiger charge is 2.21. The van der Waals surface area contributed by atoms with Crippen molar-refractivity contribution < 1.29 is 17.6 Å². The van der Waals surface area contributed by atoms with Crippen molar-refractivity contribution in [3.63, 3.8) is 0 Å². The smallest absolute Gasteiger partial charge is 0.229 e. The van der Waals surface area contributed by atoms with E-state index in [0.717, 1.165) is 49.3 Å². The first kappa shape index (κ1) is 24.0. The van der Waals surface area contributed by atoms with E-state index in [2.05, 4.69) is 21.9 Å². The minimum absolute atomic E-state index is 0.143. The van der Waals surface area contributed by atoms with E-state index < -0.39 is 21.8 Å². The Morgan fingerprint density at radius 2 is 1.94 bits per heavy atom. The second kappa shape index (κ2) is 9.85. The normalized spacial score (nSPS) is 16.0. The maximum Gasteiger partial charge on any atom is 0.229 e. The van der Waals surface area contributed by atoms with Gasteiger partial charge in [0.05, 0.1) is 17.9 Å². The van der Waals surface area contributed by atoms with Crippen LogP contribution in [0.4, 0.5) is 15.9 Å². The number of aromatic nitrogens is 1. The van der Waals surface area contributed by atoms with Gasteiger partial charge in [-0.2, -0.15) is 0 Å². The summed E-state index contributed by atoms with van der Waals surface area (Å²) in [5.74, 6) is 0.0463. The minimum atomic E-state index is -3.59. The van der Waals surface area contributed by atoms with Crippen LogP contribution < -0.4 is 14.9 Å². The highest BCUT2D eigenvalue weighted by atomic mass is 32.2. The van der Waals surface area contributed by atoms with Crippen LogP contribution in [0.2, 0.25) is 0 Å². The molecule has 1 aliphatic rings. The van der Waals surface area contributed by atoms with Gasteiger partial charge in [-0.1, -0.05) is 19.1 Å². The van der Waals surface area contributed by atoms with E-state index in [0.29, 0.717) is 18.0 Å². The molecule has 2 aromatic rings. The Bertz CT molecular complexity index is 1080. The topological polar surface area (TPSA) is 91.4 Å². The molecule has 0 spiro atoms. The lowest BCUT2D eigenvalue weighted by Crippen LogP contribution is -2.35. The van der Waals surface area contributed by atoms with Gasteiger partial charge in [0.15, 0.2) is 0 Å². The zero-order valence-corrected chi connectivity index (χ0v) is 19.8. The molecule has 1 aliphatic heterocycles. The number of carbonyl (C=O) groups is 1. The van der Waals surface area contributed by atoms with E-state index >= 15 is 0 Å². The van der Waals surface area contributed by atoms with E-state index in [1.807, 2.05) is 19.1 Å². The summed E-state index contributed by atoms with van der Waals surface area (Å²) in [4.78, 5) is 19.8. The molecule has 0 bridgehead atoms. The molecule has 1 amide bonds. The summed E-state index contributed by atoms with van der Waals surface area (Å²) in [5.41, 5.74) is 2.20. The quantitative estimate of drug-likeness (QED) is 0.657. The molecule has 1 aromatic carbocycles. The van der Waals surface area contributed by atoms with Crippen molar-refractivity contribution in [2.45, 2.75) is 46.1 Å². The molecule has 1 atom stereocenters. The van der Waals surface area contributed by atoms with E-state index in [9.17, 15) is 17.6 Å². The average Bonchev–Trinajstić information content (AvgIpc) is 2.73. The Morgan fingerprint density at radius 3 is 2.56 bits per heavy atom. The van der Waals surface area contributed by atoms with Crippen LogP contribution in [0, 0.1) is 18.7 Å². The van der Waals surface area contributed by atoms with Gasteiger partial charge in [-0.3, -0.25) is 9.52 Å². The van der Waals surface area contributed by atoms with E-state index in [1.54, 1.807) is 13.0 Å². The molecular formula is C23H31FN4O3S. The molecule has 0 saturated carbocycles. The summed E-state index contributed by atoms with van der Waals surface area (Å²) in [7, 11) is -3.59. The van der Waals surface area contributed by atoms with Crippen molar-refractivity contribution in [1.82, 2.24) is 10.3 Å². The number of amides is 1. The molecule has 3 rings (SSSR count). The van der Waals surface area contributed by atoms with Gasteiger partial charge >= 0.3 is 0 Å². The van der Waals surface area contributed by atoms with Crippen LogP contribution in [0.15, 0.2) is 30.3 Å². The lowest BCUT2D eigenvalue weighted by atomic mass is 9.98. The van der Waals surface area contributed by atoms with Gasteiger partial charge in [0.1, 0.15) is 11.6 Å². The molecule has 1 saturated heterocycles. The fourth-order valence-electron chi connectivity index (χ4n) is 3.77. The van der Waals surface area contributed by atoms with E-state index in [4.69, 9.17) is 4.98 Å². The number of piperidine rings is 1. The van der Waals surface area contributed by atoms with Crippen molar-refractivity contribution in [2.24, 2.45) is 5.92 Å². The molecule has 0 aliphatic carbocycles. The number of anilines is 2. The second-order valence-corrected chi connectivity index (χ2v) is 10.4. The molecule has 32 heavy (non-hydrogen) atoms. The zero-order chi connectivity index (χ0) is 23.5. The van der Waals surface area contributed by atoms with Crippen LogP contribution >= 0.6 is 0 Å². The summed E-state index contributed by atoms with van der Waals surface area (Å²) in [6, 6.07) is 7.99. The monoisotopic (exact) mass is 462 g/mol. The third-order valence-corrected chi connectivity index (χ3v) is 6.40. The third kappa shape index (κ3) is 6.18. The van der Waals surface area contributed by atoms with E-state index in [1.165, 1.54) is 12.1 Å². The summed E-state index contributed by atoms with van der Waals surface area (Å²) in [5, 5.41) is 2.94. The Hall–Kier alpha value is -2.68. The standard InChI is InChI=1S/C23H31FN4O3S/c1-15-9-11-28(12-10-15)22-19(6-5-16(2)26-22)14-25-23(29)17(3)18-7-8-21(20(24)13-18)27-32(4,30)31/h5-8,13,15,17,27H,9-12,14H2,1-4H3,(H,25,29). The summed E-state index contributed by atoms with van der Waals surface area (Å²) < 4.78 is 39.1. The highest BCUT2D eigenvalue weighted by molar-refractivity contribution is 7.92.